The van der Waals surface area contributed by atoms with Crippen molar-refractivity contribution in [3.05, 3.63) is 24.0 Å². The smallest absolute Gasteiger partial charge is 0.223 e. The van der Waals surface area contributed by atoms with Crippen molar-refractivity contribution in [1.29, 1.82) is 0 Å². The fourth-order valence-corrected chi connectivity index (χ4v) is 2.91. The van der Waals surface area contributed by atoms with Gasteiger partial charge in [-0.15, -0.1) is 0 Å². The van der Waals surface area contributed by atoms with Crippen LogP contribution < -0.4 is 16.0 Å². The van der Waals surface area contributed by atoms with Crippen molar-refractivity contribution in [2.45, 2.75) is 39.3 Å². The number of morpholine rings is 1. The summed E-state index contributed by atoms with van der Waals surface area (Å²) in [4.78, 5) is 10.9. The summed E-state index contributed by atoms with van der Waals surface area (Å²) in [5.74, 6) is 1.92. The van der Waals surface area contributed by atoms with Crippen LogP contribution in [-0.4, -0.2) is 52.1 Å². The lowest BCUT2D eigenvalue weighted by Crippen LogP contribution is -2.44. The number of nitrogens with two attached hydrogens (primary N) is 1. The number of ether oxygens (including phenoxy) is 1. The lowest BCUT2D eigenvalue weighted by molar-refractivity contribution is 0.0272. The van der Waals surface area contributed by atoms with Gasteiger partial charge in [-0.3, -0.25) is 4.68 Å². The van der Waals surface area contributed by atoms with E-state index in [1.165, 1.54) is 0 Å². The van der Waals surface area contributed by atoms with Gasteiger partial charge in [0.05, 0.1) is 25.5 Å². The molecule has 0 amide bonds. The van der Waals surface area contributed by atoms with Crippen LogP contribution in [0.4, 0.5) is 17.6 Å². The molecule has 3 heterocycles. The first-order valence-corrected chi connectivity index (χ1v) is 8.88. The second-order valence-corrected chi connectivity index (χ2v) is 6.43. The Morgan fingerprint density at radius 3 is 3.04 bits per heavy atom. The van der Waals surface area contributed by atoms with Crippen molar-refractivity contribution in [2.24, 2.45) is 0 Å². The number of hydrogen-bond donors (Lipinski definition) is 2. The summed E-state index contributed by atoms with van der Waals surface area (Å²) in [6.45, 7) is 8.02. The van der Waals surface area contributed by atoms with Crippen molar-refractivity contribution in [3.8, 4) is 0 Å². The Kier molecular flexibility index (Phi) is 5.70. The molecule has 0 unspecified atom stereocenters. The maximum absolute atomic E-state index is 5.90. The number of anilines is 3. The second-order valence-electron chi connectivity index (χ2n) is 6.43. The zero-order valence-electron chi connectivity index (χ0n) is 15.0. The molecule has 0 saturated carbocycles. The van der Waals surface area contributed by atoms with Gasteiger partial charge in [0.25, 0.3) is 0 Å². The zero-order chi connectivity index (χ0) is 17.6. The summed E-state index contributed by atoms with van der Waals surface area (Å²) in [5, 5.41) is 7.66. The zero-order valence-corrected chi connectivity index (χ0v) is 15.0. The maximum atomic E-state index is 5.90. The molecule has 0 bridgehead atoms. The van der Waals surface area contributed by atoms with Crippen LogP contribution in [0.5, 0.6) is 0 Å². The third-order valence-corrected chi connectivity index (χ3v) is 4.18. The SMILES string of the molecule is CCCCNc1cc(N2CCO[C@H](Cn3cc(C)cn3)C2)nc(N)n1. The molecule has 8 nitrogen and oxygen atoms in total. The van der Waals surface area contributed by atoms with Gasteiger partial charge in [-0.2, -0.15) is 15.1 Å². The Morgan fingerprint density at radius 1 is 1.40 bits per heavy atom. The molecule has 2 aromatic heterocycles. The van der Waals surface area contributed by atoms with E-state index in [4.69, 9.17) is 10.5 Å². The predicted molar refractivity (Wildman–Crippen MR) is 98.8 cm³/mol. The van der Waals surface area contributed by atoms with Gasteiger partial charge in [0.1, 0.15) is 11.6 Å². The maximum Gasteiger partial charge on any atom is 0.223 e. The number of aromatic nitrogens is 4. The summed E-state index contributed by atoms with van der Waals surface area (Å²) < 4.78 is 7.82. The molecule has 0 aromatic carbocycles. The first-order chi connectivity index (χ1) is 12.1. The van der Waals surface area contributed by atoms with Crippen molar-refractivity contribution in [3.63, 3.8) is 0 Å². The third-order valence-electron chi connectivity index (χ3n) is 4.18. The molecule has 1 aliphatic rings. The molecule has 0 radical (unpaired) electrons. The minimum absolute atomic E-state index is 0.0701. The van der Waals surface area contributed by atoms with E-state index in [0.717, 1.165) is 56.2 Å². The minimum Gasteiger partial charge on any atom is -0.373 e. The average molecular weight is 345 g/mol. The highest BCUT2D eigenvalue weighted by atomic mass is 16.5. The Hall–Kier alpha value is -2.35. The molecule has 25 heavy (non-hydrogen) atoms. The van der Waals surface area contributed by atoms with E-state index in [0.29, 0.717) is 12.6 Å². The van der Waals surface area contributed by atoms with E-state index in [9.17, 15) is 0 Å². The average Bonchev–Trinajstić information content (AvgIpc) is 3.00. The Bertz CT molecular complexity index is 687. The van der Waals surface area contributed by atoms with E-state index in [1.807, 2.05) is 30.1 Å². The van der Waals surface area contributed by atoms with Gasteiger partial charge in [0.2, 0.25) is 5.95 Å². The number of unbranched alkanes of at least 4 members (excludes halogenated alkanes) is 1. The summed E-state index contributed by atoms with van der Waals surface area (Å²) >= 11 is 0. The number of nitrogen functional groups attached to an aromatic ring is 1. The molecular weight excluding hydrogens is 318 g/mol. The first kappa shape index (κ1) is 17.5. The van der Waals surface area contributed by atoms with Crippen LogP contribution in [-0.2, 0) is 11.3 Å². The number of nitrogens with one attached hydrogen (secondary N) is 1. The standard InChI is InChI=1S/C17H27N7O/c1-3-4-5-19-15-8-16(22-17(18)21-15)23-6-7-25-14(11-23)12-24-10-13(2)9-20-24/h8-10,14H,3-7,11-12H2,1-2H3,(H3,18,19,21,22)/t14-/m0/s1. The topological polar surface area (TPSA) is 94.1 Å². The largest absolute Gasteiger partial charge is 0.373 e. The number of aryl methyl sites for hydroxylation is 1. The number of nitrogens with zero attached hydrogens (tertiary/aromatic N) is 5. The molecule has 1 fully saturated rings. The number of rotatable bonds is 7. The van der Waals surface area contributed by atoms with Crippen LogP contribution in [0.1, 0.15) is 25.3 Å². The molecule has 3 rings (SSSR count). The normalized spacial score (nSPS) is 17.7. The predicted octanol–water partition coefficient (Wildman–Crippen LogP) is 1.68. The van der Waals surface area contributed by atoms with Gasteiger partial charge in [0.15, 0.2) is 0 Å². The van der Waals surface area contributed by atoms with E-state index in [1.54, 1.807) is 0 Å². The summed E-state index contributed by atoms with van der Waals surface area (Å²) in [6.07, 6.45) is 6.20. The Balaban J connectivity index is 1.65. The summed E-state index contributed by atoms with van der Waals surface area (Å²) in [7, 11) is 0. The summed E-state index contributed by atoms with van der Waals surface area (Å²) in [5.41, 5.74) is 7.05. The minimum atomic E-state index is 0.0701. The molecule has 0 aliphatic carbocycles. The van der Waals surface area contributed by atoms with Crippen molar-refractivity contribution < 1.29 is 4.74 Å². The van der Waals surface area contributed by atoms with Gasteiger partial charge in [-0.1, -0.05) is 13.3 Å². The van der Waals surface area contributed by atoms with Crippen molar-refractivity contribution in [2.75, 3.05) is 42.2 Å². The lowest BCUT2D eigenvalue weighted by Gasteiger charge is -2.33. The fourth-order valence-electron chi connectivity index (χ4n) is 2.91. The Morgan fingerprint density at radius 2 is 2.28 bits per heavy atom. The van der Waals surface area contributed by atoms with E-state index < -0.39 is 0 Å². The lowest BCUT2D eigenvalue weighted by atomic mass is 10.2. The first-order valence-electron chi connectivity index (χ1n) is 8.88. The van der Waals surface area contributed by atoms with Crippen LogP contribution in [0.25, 0.3) is 0 Å². The fraction of sp³-hybridized carbons (Fsp3) is 0.588. The third kappa shape index (κ3) is 4.82. The van der Waals surface area contributed by atoms with Gasteiger partial charge in [-0.05, 0) is 18.9 Å². The highest BCUT2D eigenvalue weighted by molar-refractivity contribution is 5.52. The molecule has 2 aromatic rings. The molecule has 136 valence electrons. The molecule has 8 heteroatoms. The van der Waals surface area contributed by atoms with Gasteiger partial charge < -0.3 is 20.7 Å². The van der Waals surface area contributed by atoms with Crippen LogP contribution in [0.15, 0.2) is 18.5 Å². The summed E-state index contributed by atoms with van der Waals surface area (Å²) in [6, 6.07) is 1.96. The molecule has 1 aliphatic heterocycles. The van der Waals surface area contributed by atoms with E-state index >= 15 is 0 Å². The van der Waals surface area contributed by atoms with Crippen molar-refractivity contribution in [1.82, 2.24) is 19.7 Å². The van der Waals surface area contributed by atoms with Gasteiger partial charge >= 0.3 is 0 Å². The van der Waals surface area contributed by atoms with Gasteiger partial charge in [0, 0.05) is 31.9 Å². The molecule has 1 saturated heterocycles. The van der Waals surface area contributed by atoms with Crippen molar-refractivity contribution >= 4 is 17.6 Å². The second kappa shape index (κ2) is 8.15. The molecule has 3 N–H and O–H groups in total. The quantitative estimate of drug-likeness (QED) is 0.737. The highest BCUT2D eigenvalue weighted by Gasteiger charge is 2.23. The molecule has 0 spiro atoms. The molecular formula is C17H27N7O. The number of hydrogen-bond acceptors (Lipinski definition) is 7. The van der Waals surface area contributed by atoms with Gasteiger partial charge in [-0.25, -0.2) is 0 Å². The van der Waals surface area contributed by atoms with Crippen LogP contribution in [0, 0.1) is 6.92 Å². The van der Waals surface area contributed by atoms with Crippen LogP contribution >= 0.6 is 0 Å². The van der Waals surface area contributed by atoms with E-state index in [2.05, 4.69) is 32.2 Å². The monoisotopic (exact) mass is 345 g/mol. The van der Waals surface area contributed by atoms with Crippen LogP contribution in [0.2, 0.25) is 0 Å². The Labute approximate surface area is 148 Å². The van der Waals surface area contributed by atoms with E-state index in [-0.39, 0.29) is 6.10 Å². The molecule has 1 atom stereocenters. The van der Waals surface area contributed by atoms with Crippen LogP contribution in [0.3, 0.4) is 0 Å². The highest BCUT2D eigenvalue weighted by Crippen LogP contribution is 2.20.